The second kappa shape index (κ2) is 10.7. The van der Waals surface area contributed by atoms with Gasteiger partial charge in [0.1, 0.15) is 18.9 Å². The number of nitrogens with one attached hydrogen (secondary N) is 1. The van der Waals surface area contributed by atoms with Crippen LogP contribution in [0.2, 0.25) is 0 Å². The average molecular weight is 481 g/mol. The Morgan fingerprint density at radius 3 is 2.09 bits per heavy atom. The number of rotatable bonds is 9. The maximum Gasteiger partial charge on any atom is 0.264 e. The van der Waals surface area contributed by atoms with Gasteiger partial charge in [-0.3, -0.25) is 9.10 Å². The van der Waals surface area contributed by atoms with Crippen molar-refractivity contribution in [2.24, 2.45) is 0 Å². The number of aryl methyl sites for hydroxylation is 5. The highest BCUT2D eigenvalue weighted by Gasteiger charge is 2.28. The second-order valence-electron chi connectivity index (χ2n) is 8.64. The maximum atomic E-state index is 13.5. The highest BCUT2D eigenvalue weighted by Crippen LogP contribution is 2.28. The van der Waals surface area contributed by atoms with Crippen LogP contribution in [0, 0.1) is 34.6 Å². The molecule has 0 fully saturated rings. The van der Waals surface area contributed by atoms with Gasteiger partial charge in [-0.2, -0.15) is 0 Å². The molecule has 0 spiro atoms. The summed E-state index contributed by atoms with van der Waals surface area (Å²) in [6, 6.07) is 18.1. The molecule has 0 aliphatic heterocycles. The first-order valence-corrected chi connectivity index (χ1v) is 12.6. The zero-order chi connectivity index (χ0) is 24.9. The molecule has 3 aromatic carbocycles. The third-order valence-corrected chi connectivity index (χ3v) is 7.19. The van der Waals surface area contributed by atoms with Gasteiger partial charge in [0.05, 0.1) is 17.1 Å². The van der Waals surface area contributed by atoms with E-state index in [0.717, 1.165) is 33.6 Å². The Labute approximate surface area is 202 Å². The van der Waals surface area contributed by atoms with Crippen molar-refractivity contribution in [2.45, 2.75) is 39.5 Å². The molecular formula is C27H32N2O4S. The van der Waals surface area contributed by atoms with Crippen molar-refractivity contribution in [3.63, 3.8) is 0 Å². The summed E-state index contributed by atoms with van der Waals surface area (Å²) in [5, 5.41) is 2.78. The molecule has 0 atom stereocenters. The Hall–Kier alpha value is -3.32. The molecule has 1 amide bonds. The summed E-state index contributed by atoms with van der Waals surface area (Å²) < 4.78 is 34.0. The number of amides is 1. The molecule has 0 bridgehead atoms. The predicted molar refractivity (Wildman–Crippen MR) is 136 cm³/mol. The molecule has 0 saturated carbocycles. The van der Waals surface area contributed by atoms with E-state index in [0.29, 0.717) is 5.69 Å². The van der Waals surface area contributed by atoms with Crippen LogP contribution < -0.4 is 14.4 Å². The van der Waals surface area contributed by atoms with E-state index in [4.69, 9.17) is 4.74 Å². The predicted octanol–water partition coefficient (Wildman–Crippen LogP) is 4.62. The molecule has 1 N–H and O–H groups in total. The fourth-order valence-electron chi connectivity index (χ4n) is 3.69. The average Bonchev–Trinajstić information content (AvgIpc) is 2.76. The van der Waals surface area contributed by atoms with Gasteiger partial charge in [-0.25, -0.2) is 8.42 Å². The number of hydrogen-bond acceptors (Lipinski definition) is 4. The zero-order valence-corrected chi connectivity index (χ0v) is 21.2. The van der Waals surface area contributed by atoms with Crippen LogP contribution in [0.3, 0.4) is 0 Å². The monoisotopic (exact) mass is 480 g/mol. The van der Waals surface area contributed by atoms with Gasteiger partial charge in [-0.05, 0) is 87.2 Å². The fourth-order valence-corrected chi connectivity index (χ4v) is 5.16. The largest absolute Gasteiger partial charge is 0.492 e. The minimum atomic E-state index is -3.95. The summed E-state index contributed by atoms with van der Waals surface area (Å²) in [6.07, 6.45) is 0. The van der Waals surface area contributed by atoms with Crippen LogP contribution in [0.15, 0.2) is 65.6 Å². The molecule has 3 rings (SSSR count). The summed E-state index contributed by atoms with van der Waals surface area (Å²) in [6.45, 7) is 9.83. The number of benzene rings is 3. The molecule has 0 saturated heterocycles. The molecule has 0 aliphatic carbocycles. The number of ether oxygens (including phenoxy) is 1. The van der Waals surface area contributed by atoms with Crippen LogP contribution in [-0.2, 0) is 14.8 Å². The summed E-state index contributed by atoms with van der Waals surface area (Å²) in [5.41, 5.74) is 5.33. The molecule has 0 aromatic heterocycles. The van der Waals surface area contributed by atoms with Gasteiger partial charge in [0.25, 0.3) is 10.0 Å². The number of anilines is 1. The third kappa shape index (κ3) is 6.38. The quantitative estimate of drug-likeness (QED) is 0.454. The van der Waals surface area contributed by atoms with Crippen LogP contribution in [0.25, 0.3) is 0 Å². The van der Waals surface area contributed by atoms with E-state index in [2.05, 4.69) is 11.4 Å². The standard InChI is InChI=1S/C27H32N2O4S/c1-19-7-10-25(11-8-19)34(31,32)29(26-17-20(2)6-9-23(26)5)18-27(30)28-12-13-33-24-15-21(3)14-22(4)16-24/h6-11,14-17H,12-13,18H2,1-5H3,(H,28,30). The van der Waals surface area contributed by atoms with Gasteiger partial charge in [0.15, 0.2) is 0 Å². The van der Waals surface area contributed by atoms with E-state index < -0.39 is 15.9 Å². The Kier molecular flexibility index (Phi) is 7.99. The smallest absolute Gasteiger partial charge is 0.264 e. The van der Waals surface area contributed by atoms with E-state index in [1.165, 1.54) is 4.31 Å². The van der Waals surface area contributed by atoms with Gasteiger partial charge in [0, 0.05) is 0 Å². The second-order valence-corrected chi connectivity index (χ2v) is 10.5. The van der Waals surface area contributed by atoms with Crippen LogP contribution in [0.1, 0.15) is 27.8 Å². The first-order valence-electron chi connectivity index (χ1n) is 11.2. The molecule has 34 heavy (non-hydrogen) atoms. The van der Waals surface area contributed by atoms with Crippen molar-refractivity contribution in [1.29, 1.82) is 0 Å². The van der Waals surface area contributed by atoms with Crippen molar-refractivity contribution in [2.75, 3.05) is 24.0 Å². The molecular weight excluding hydrogens is 448 g/mol. The van der Waals surface area contributed by atoms with Crippen molar-refractivity contribution in [3.05, 3.63) is 88.5 Å². The molecule has 6 nitrogen and oxygen atoms in total. The van der Waals surface area contributed by atoms with E-state index in [-0.39, 0.29) is 24.6 Å². The van der Waals surface area contributed by atoms with E-state index in [1.807, 2.05) is 58.9 Å². The lowest BCUT2D eigenvalue weighted by Crippen LogP contribution is -2.42. The van der Waals surface area contributed by atoms with Crippen molar-refractivity contribution in [1.82, 2.24) is 5.32 Å². The summed E-state index contributed by atoms with van der Waals surface area (Å²) in [5.74, 6) is 0.339. The highest BCUT2D eigenvalue weighted by atomic mass is 32.2. The zero-order valence-electron chi connectivity index (χ0n) is 20.4. The minimum Gasteiger partial charge on any atom is -0.492 e. The maximum absolute atomic E-state index is 13.5. The van der Waals surface area contributed by atoms with Gasteiger partial charge >= 0.3 is 0 Å². The number of carbonyl (C=O) groups is 1. The summed E-state index contributed by atoms with van der Waals surface area (Å²) in [4.78, 5) is 12.9. The number of carbonyl (C=O) groups excluding carboxylic acids is 1. The highest BCUT2D eigenvalue weighted by molar-refractivity contribution is 7.92. The lowest BCUT2D eigenvalue weighted by Gasteiger charge is -2.26. The van der Waals surface area contributed by atoms with Gasteiger partial charge in [-0.1, -0.05) is 35.9 Å². The topological polar surface area (TPSA) is 75.7 Å². The first kappa shape index (κ1) is 25.3. The molecule has 0 heterocycles. The molecule has 3 aromatic rings. The lowest BCUT2D eigenvalue weighted by atomic mass is 10.1. The molecule has 0 aliphatic rings. The third-order valence-electron chi connectivity index (χ3n) is 5.42. The molecule has 0 unspecified atom stereocenters. The van der Waals surface area contributed by atoms with Crippen LogP contribution in [0.5, 0.6) is 5.75 Å². The van der Waals surface area contributed by atoms with Crippen LogP contribution >= 0.6 is 0 Å². The van der Waals surface area contributed by atoms with Crippen molar-refractivity contribution in [3.8, 4) is 5.75 Å². The SMILES string of the molecule is Cc1ccc(S(=O)(=O)N(CC(=O)NCCOc2cc(C)cc(C)c2)c2cc(C)ccc2C)cc1. The van der Waals surface area contributed by atoms with Crippen LogP contribution in [-0.4, -0.2) is 34.0 Å². The van der Waals surface area contributed by atoms with E-state index in [1.54, 1.807) is 30.3 Å². The lowest BCUT2D eigenvalue weighted by molar-refractivity contribution is -0.119. The number of nitrogens with zero attached hydrogens (tertiary/aromatic N) is 1. The molecule has 0 radical (unpaired) electrons. The molecule has 180 valence electrons. The Balaban J connectivity index is 1.75. The van der Waals surface area contributed by atoms with Gasteiger partial charge < -0.3 is 10.1 Å². The van der Waals surface area contributed by atoms with Crippen LogP contribution in [0.4, 0.5) is 5.69 Å². The molecule has 7 heteroatoms. The Bertz CT molecular complexity index is 1250. The van der Waals surface area contributed by atoms with E-state index >= 15 is 0 Å². The fraction of sp³-hybridized carbons (Fsp3) is 0.296. The number of sulfonamides is 1. The summed E-state index contributed by atoms with van der Waals surface area (Å²) in [7, 11) is -3.95. The number of hydrogen-bond donors (Lipinski definition) is 1. The van der Waals surface area contributed by atoms with Crippen molar-refractivity contribution < 1.29 is 17.9 Å². The summed E-state index contributed by atoms with van der Waals surface area (Å²) >= 11 is 0. The van der Waals surface area contributed by atoms with Crippen molar-refractivity contribution >= 4 is 21.6 Å². The normalized spacial score (nSPS) is 11.2. The minimum absolute atomic E-state index is 0.143. The van der Waals surface area contributed by atoms with Gasteiger partial charge in [-0.15, -0.1) is 0 Å². The Morgan fingerprint density at radius 2 is 1.44 bits per heavy atom. The Morgan fingerprint density at radius 1 is 0.824 bits per heavy atom. The van der Waals surface area contributed by atoms with Gasteiger partial charge in [0.2, 0.25) is 5.91 Å². The van der Waals surface area contributed by atoms with E-state index in [9.17, 15) is 13.2 Å². The first-order chi connectivity index (χ1) is 16.1.